The molecule has 1 N–H and O–H groups in total. The van der Waals surface area contributed by atoms with E-state index in [4.69, 9.17) is 4.74 Å². The fraction of sp³-hybridized carbons (Fsp3) is 0.571. The standard InChI is InChI=1S/C14H22N2O3S/c1-2-15-11-13-4-3-5-14(10-13)12-20(17,18)16-6-8-19-9-7-16/h3-5,10,15H,2,6-9,11-12H2,1H3. The molecule has 2 rings (SSSR count). The monoisotopic (exact) mass is 298 g/mol. The average Bonchev–Trinajstić information content (AvgIpc) is 2.46. The molecule has 0 atom stereocenters. The van der Waals surface area contributed by atoms with E-state index in [9.17, 15) is 8.42 Å². The van der Waals surface area contributed by atoms with Gasteiger partial charge >= 0.3 is 0 Å². The predicted octanol–water partition coefficient (Wildman–Crippen LogP) is 0.958. The summed E-state index contributed by atoms with van der Waals surface area (Å²) in [5.74, 6) is 0.0625. The summed E-state index contributed by atoms with van der Waals surface area (Å²) in [6, 6.07) is 7.75. The third-order valence-corrected chi connectivity index (χ3v) is 5.13. The third kappa shape index (κ3) is 4.28. The summed E-state index contributed by atoms with van der Waals surface area (Å²) in [7, 11) is -3.24. The number of rotatable bonds is 6. The van der Waals surface area contributed by atoms with Crippen LogP contribution in [0.2, 0.25) is 0 Å². The number of nitrogens with zero attached hydrogens (tertiary/aromatic N) is 1. The summed E-state index contributed by atoms with van der Waals surface area (Å²) in [6.07, 6.45) is 0. The summed E-state index contributed by atoms with van der Waals surface area (Å²) in [5.41, 5.74) is 1.95. The Morgan fingerprint density at radius 3 is 2.65 bits per heavy atom. The molecule has 0 bridgehead atoms. The minimum atomic E-state index is -3.24. The predicted molar refractivity (Wildman–Crippen MR) is 78.8 cm³/mol. The van der Waals surface area contributed by atoms with Crippen molar-refractivity contribution in [3.05, 3.63) is 35.4 Å². The fourth-order valence-corrected chi connectivity index (χ4v) is 3.71. The zero-order chi connectivity index (χ0) is 14.4. The van der Waals surface area contributed by atoms with Crippen LogP contribution in [0.15, 0.2) is 24.3 Å². The van der Waals surface area contributed by atoms with Gasteiger partial charge in [0.15, 0.2) is 0 Å². The number of sulfonamides is 1. The van der Waals surface area contributed by atoms with Crippen LogP contribution in [0.1, 0.15) is 18.1 Å². The zero-order valence-electron chi connectivity index (χ0n) is 11.8. The molecular formula is C14H22N2O3S. The van der Waals surface area contributed by atoms with E-state index in [0.717, 1.165) is 24.2 Å². The van der Waals surface area contributed by atoms with Gasteiger partial charge in [0.1, 0.15) is 0 Å². The van der Waals surface area contributed by atoms with Gasteiger partial charge in [0.2, 0.25) is 10.0 Å². The normalized spacial score (nSPS) is 17.2. The highest BCUT2D eigenvalue weighted by atomic mass is 32.2. The number of nitrogens with one attached hydrogen (secondary N) is 1. The summed E-state index contributed by atoms with van der Waals surface area (Å²) in [6.45, 7) is 5.60. The summed E-state index contributed by atoms with van der Waals surface area (Å²) in [4.78, 5) is 0. The van der Waals surface area contributed by atoms with E-state index < -0.39 is 10.0 Å². The maximum Gasteiger partial charge on any atom is 0.218 e. The summed E-state index contributed by atoms with van der Waals surface area (Å²) >= 11 is 0. The van der Waals surface area contributed by atoms with E-state index >= 15 is 0 Å². The topological polar surface area (TPSA) is 58.6 Å². The van der Waals surface area contributed by atoms with Gasteiger partial charge in [-0.15, -0.1) is 0 Å². The smallest absolute Gasteiger partial charge is 0.218 e. The molecule has 0 amide bonds. The van der Waals surface area contributed by atoms with Gasteiger partial charge in [-0.25, -0.2) is 8.42 Å². The Balaban J connectivity index is 2.04. The van der Waals surface area contributed by atoms with Crippen LogP contribution < -0.4 is 5.32 Å². The van der Waals surface area contributed by atoms with Crippen LogP contribution in [-0.2, 0) is 27.1 Å². The van der Waals surface area contributed by atoms with Crippen LogP contribution in [0, 0.1) is 0 Å². The summed E-state index contributed by atoms with van der Waals surface area (Å²) < 4.78 is 31.4. The van der Waals surface area contributed by atoms with Crippen LogP contribution in [0.4, 0.5) is 0 Å². The molecule has 0 aromatic heterocycles. The summed E-state index contributed by atoms with van der Waals surface area (Å²) in [5, 5.41) is 3.24. The van der Waals surface area contributed by atoms with Crippen molar-refractivity contribution in [3.8, 4) is 0 Å². The zero-order valence-corrected chi connectivity index (χ0v) is 12.7. The molecule has 6 heteroatoms. The van der Waals surface area contributed by atoms with Crippen LogP contribution in [0.5, 0.6) is 0 Å². The van der Waals surface area contributed by atoms with Crippen molar-refractivity contribution in [2.24, 2.45) is 0 Å². The average molecular weight is 298 g/mol. The number of ether oxygens (including phenoxy) is 1. The van der Waals surface area contributed by atoms with Gasteiger partial charge in [0.05, 0.1) is 19.0 Å². The Morgan fingerprint density at radius 2 is 1.95 bits per heavy atom. The van der Waals surface area contributed by atoms with Gasteiger partial charge in [0, 0.05) is 19.6 Å². The van der Waals surface area contributed by atoms with E-state index in [0.29, 0.717) is 26.3 Å². The maximum absolute atomic E-state index is 12.3. The third-order valence-electron chi connectivity index (χ3n) is 3.28. The largest absolute Gasteiger partial charge is 0.379 e. The van der Waals surface area contributed by atoms with Crippen molar-refractivity contribution in [3.63, 3.8) is 0 Å². The molecule has 1 saturated heterocycles. The lowest BCUT2D eigenvalue weighted by molar-refractivity contribution is 0.0729. The lowest BCUT2D eigenvalue weighted by Crippen LogP contribution is -2.41. The molecule has 0 radical (unpaired) electrons. The van der Waals surface area contributed by atoms with E-state index in [-0.39, 0.29) is 5.75 Å². The van der Waals surface area contributed by atoms with Crippen molar-refractivity contribution in [2.75, 3.05) is 32.8 Å². The van der Waals surface area contributed by atoms with Gasteiger partial charge in [-0.1, -0.05) is 31.2 Å². The minimum Gasteiger partial charge on any atom is -0.379 e. The van der Waals surface area contributed by atoms with Crippen molar-refractivity contribution >= 4 is 10.0 Å². The highest BCUT2D eigenvalue weighted by Crippen LogP contribution is 2.14. The molecule has 112 valence electrons. The van der Waals surface area contributed by atoms with Gasteiger partial charge in [-0.2, -0.15) is 4.31 Å². The second-order valence-electron chi connectivity index (χ2n) is 4.87. The molecule has 1 fully saturated rings. The SMILES string of the molecule is CCNCc1cccc(CS(=O)(=O)N2CCOCC2)c1. The molecular weight excluding hydrogens is 276 g/mol. The maximum atomic E-state index is 12.3. The lowest BCUT2D eigenvalue weighted by Gasteiger charge is -2.26. The van der Waals surface area contributed by atoms with E-state index in [1.54, 1.807) is 0 Å². The first-order valence-corrected chi connectivity index (χ1v) is 8.57. The fourth-order valence-electron chi connectivity index (χ4n) is 2.23. The van der Waals surface area contributed by atoms with Crippen molar-refractivity contribution in [1.29, 1.82) is 0 Å². The van der Waals surface area contributed by atoms with Crippen molar-refractivity contribution in [2.45, 2.75) is 19.2 Å². The van der Waals surface area contributed by atoms with Gasteiger partial charge in [0.25, 0.3) is 0 Å². The molecule has 0 aliphatic carbocycles. The van der Waals surface area contributed by atoms with Gasteiger partial charge < -0.3 is 10.1 Å². The van der Waals surface area contributed by atoms with E-state index in [1.165, 1.54) is 4.31 Å². The molecule has 1 aliphatic rings. The molecule has 0 spiro atoms. The Bertz CT molecular complexity index is 525. The molecule has 1 aromatic rings. The first kappa shape index (κ1) is 15.4. The van der Waals surface area contributed by atoms with E-state index in [1.807, 2.05) is 31.2 Å². The van der Waals surface area contributed by atoms with Crippen LogP contribution >= 0.6 is 0 Å². The van der Waals surface area contributed by atoms with Crippen LogP contribution in [0.3, 0.4) is 0 Å². The molecule has 1 heterocycles. The van der Waals surface area contributed by atoms with Crippen molar-refractivity contribution in [1.82, 2.24) is 9.62 Å². The number of hydrogen-bond donors (Lipinski definition) is 1. The number of benzene rings is 1. The van der Waals surface area contributed by atoms with Crippen LogP contribution in [0.25, 0.3) is 0 Å². The Kier molecular flexibility index (Phi) is 5.54. The second-order valence-corrected chi connectivity index (χ2v) is 6.84. The Labute approximate surface area is 121 Å². The minimum absolute atomic E-state index is 0.0625. The highest BCUT2D eigenvalue weighted by molar-refractivity contribution is 7.88. The van der Waals surface area contributed by atoms with Gasteiger partial charge in [-0.05, 0) is 17.7 Å². The quantitative estimate of drug-likeness (QED) is 0.850. The molecule has 1 aliphatic heterocycles. The molecule has 1 aromatic carbocycles. The molecule has 5 nitrogen and oxygen atoms in total. The van der Waals surface area contributed by atoms with Crippen molar-refractivity contribution < 1.29 is 13.2 Å². The number of hydrogen-bond acceptors (Lipinski definition) is 4. The second kappa shape index (κ2) is 7.17. The van der Waals surface area contributed by atoms with Gasteiger partial charge in [-0.3, -0.25) is 0 Å². The Morgan fingerprint density at radius 1 is 1.25 bits per heavy atom. The van der Waals surface area contributed by atoms with E-state index in [2.05, 4.69) is 5.32 Å². The number of morpholine rings is 1. The lowest BCUT2D eigenvalue weighted by atomic mass is 10.1. The van der Waals surface area contributed by atoms with Crippen LogP contribution in [-0.4, -0.2) is 45.6 Å². The molecule has 0 saturated carbocycles. The first-order chi connectivity index (χ1) is 9.62. The highest BCUT2D eigenvalue weighted by Gasteiger charge is 2.24. The Hall–Kier alpha value is -0.950. The first-order valence-electron chi connectivity index (χ1n) is 6.96. The molecule has 0 unspecified atom stereocenters. The molecule has 20 heavy (non-hydrogen) atoms.